The Balaban J connectivity index is 1.57. The number of hydrogen-bond donors (Lipinski definition) is 0. The third-order valence-corrected chi connectivity index (χ3v) is 9.70. The Morgan fingerprint density at radius 2 is 1.58 bits per heavy atom. The summed E-state index contributed by atoms with van der Waals surface area (Å²) in [5.74, 6) is 0.722. The van der Waals surface area contributed by atoms with Crippen molar-refractivity contribution in [1.29, 1.82) is 0 Å². The van der Waals surface area contributed by atoms with Crippen LogP contribution in [0.3, 0.4) is 0 Å². The SMILES string of the molecule is Cc1cc(S(=O)(=O)N2CCN(c3ncccn3)CC2)c(C)cc1N1CCCCS1(=O)=O. The van der Waals surface area contributed by atoms with E-state index in [0.29, 0.717) is 61.9 Å². The second kappa shape index (κ2) is 8.36. The van der Waals surface area contributed by atoms with Gasteiger partial charge >= 0.3 is 0 Å². The summed E-state index contributed by atoms with van der Waals surface area (Å²) >= 11 is 0. The topological polar surface area (TPSA) is 104 Å². The number of rotatable bonds is 4. The molecule has 0 bridgehead atoms. The minimum atomic E-state index is -3.70. The van der Waals surface area contributed by atoms with E-state index in [9.17, 15) is 16.8 Å². The highest BCUT2D eigenvalue weighted by Crippen LogP contribution is 2.32. The number of aromatic nitrogens is 2. The molecule has 11 heteroatoms. The molecule has 2 aromatic rings. The van der Waals surface area contributed by atoms with Gasteiger partial charge in [0.15, 0.2) is 0 Å². The van der Waals surface area contributed by atoms with Crippen LogP contribution >= 0.6 is 0 Å². The highest BCUT2D eigenvalue weighted by Gasteiger charge is 2.32. The average Bonchev–Trinajstić information content (AvgIpc) is 2.75. The van der Waals surface area contributed by atoms with E-state index in [4.69, 9.17) is 0 Å². The molecule has 0 radical (unpaired) electrons. The Bertz CT molecular complexity index is 1160. The largest absolute Gasteiger partial charge is 0.338 e. The highest BCUT2D eigenvalue weighted by molar-refractivity contribution is 7.92. The van der Waals surface area contributed by atoms with Gasteiger partial charge in [-0.3, -0.25) is 4.31 Å². The second-order valence-electron chi connectivity index (χ2n) is 7.94. The molecule has 0 amide bonds. The lowest BCUT2D eigenvalue weighted by Gasteiger charge is -2.34. The monoisotopic (exact) mass is 465 g/mol. The average molecular weight is 466 g/mol. The van der Waals surface area contributed by atoms with Crippen LogP contribution in [0, 0.1) is 13.8 Å². The lowest BCUT2D eigenvalue weighted by atomic mass is 10.1. The maximum absolute atomic E-state index is 13.4. The maximum atomic E-state index is 13.4. The first-order valence-electron chi connectivity index (χ1n) is 10.3. The summed E-state index contributed by atoms with van der Waals surface area (Å²) in [6.45, 7) is 5.60. The molecule has 2 fully saturated rings. The van der Waals surface area contributed by atoms with Crippen molar-refractivity contribution >= 4 is 31.7 Å². The Labute approximate surface area is 183 Å². The van der Waals surface area contributed by atoms with Gasteiger partial charge in [0.25, 0.3) is 0 Å². The molecule has 3 heterocycles. The van der Waals surface area contributed by atoms with Crippen molar-refractivity contribution in [2.45, 2.75) is 31.6 Å². The van der Waals surface area contributed by atoms with Crippen molar-refractivity contribution in [3.05, 3.63) is 41.7 Å². The molecule has 0 N–H and O–H groups in total. The highest BCUT2D eigenvalue weighted by atomic mass is 32.2. The molecule has 1 aromatic carbocycles. The van der Waals surface area contributed by atoms with Crippen molar-refractivity contribution in [2.75, 3.05) is 47.7 Å². The first-order chi connectivity index (χ1) is 14.7. The van der Waals surface area contributed by atoms with E-state index in [1.54, 1.807) is 44.4 Å². The standard InChI is InChI=1S/C20H27N5O4S2/c1-16-15-19(17(2)14-18(16)25-8-3-4-13-30(25,26)27)31(28,29)24-11-9-23(10-12-24)20-21-6-5-7-22-20/h5-7,14-15H,3-4,8-13H2,1-2H3. The van der Waals surface area contributed by atoms with Gasteiger partial charge < -0.3 is 4.90 Å². The first-order valence-corrected chi connectivity index (χ1v) is 13.4. The fraction of sp³-hybridized carbons (Fsp3) is 0.500. The van der Waals surface area contributed by atoms with Gasteiger partial charge in [0.05, 0.1) is 16.3 Å². The number of hydrogen-bond acceptors (Lipinski definition) is 7. The summed E-state index contributed by atoms with van der Waals surface area (Å²) in [7, 11) is -7.06. The summed E-state index contributed by atoms with van der Waals surface area (Å²) in [4.78, 5) is 10.7. The molecule has 0 atom stereocenters. The zero-order valence-corrected chi connectivity index (χ0v) is 19.4. The van der Waals surface area contributed by atoms with Gasteiger partial charge in [-0.15, -0.1) is 0 Å². The van der Waals surface area contributed by atoms with Crippen LogP contribution in [-0.2, 0) is 20.0 Å². The fourth-order valence-corrected chi connectivity index (χ4v) is 7.51. The zero-order valence-electron chi connectivity index (χ0n) is 17.7. The van der Waals surface area contributed by atoms with E-state index >= 15 is 0 Å². The Hall–Kier alpha value is -2.24. The van der Waals surface area contributed by atoms with Crippen molar-refractivity contribution in [3.8, 4) is 0 Å². The van der Waals surface area contributed by atoms with Crippen molar-refractivity contribution in [2.24, 2.45) is 0 Å². The summed E-state index contributed by atoms with van der Waals surface area (Å²) in [5.41, 5.74) is 1.77. The molecule has 0 saturated carbocycles. The van der Waals surface area contributed by atoms with Gasteiger partial charge in [0, 0.05) is 45.1 Å². The normalized spacial score (nSPS) is 20.1. The molecule has 0 aliphatic carbocycles. The van der Waals surface area contributed by atoms with Gasteiger partial charge in [-0.2, -0.15) is 4.31 Å². The zero-order chi connectivity index (χ0) is 22.2. The lowest BCUT2D eigenvalue weighted by molar-refractivity contribution is 0.382. The number of benzene rings is 1. The van der Waals surface area contributed by atoms with E-state index in [-0.39, 0.29) is 10.6 Å². The summed E-state index contributed by atoms with van der Waals surface area (Å²) in [5, 5.41) is 0. The first kappa shape index (κ1) is 22.0. The van der Waals surface area contributed by atoms with E-state index in [1.807, 2.05) is 4.90 Å². The summed E-state index contributed by atoms with van der Waals surface area (Å²) in [6.07, 6.45) is 4.79. The van der Waals surface area contributed by atoms with Gasteiger partial charge in [-0.25, -0.2) is 26.8 Å². The Morgan fingerprint density at radius 3 is 2.23 bits per heavy atom. The Morgan fingerprint density at radius 1 is 0.903 bits per heavy atom. The van der Waals surface area contributed by atoms with Crippen LogP contribution in [-0.4, -0.2) is 69.6 Å². The fourth-order valence-electron chi connectivity index (χ4n) is 4.10. The van der Waals surface area contributed by atoms with Crippen LogP contribution in [0.15, 0.2) is 35.5 Å². The Kier molecular flexibility index (Phi) is 5.93. The number of anilines is 2. The molecule has 2 aliphatic rings. The van der Waals surface area contributed by atoms with Gasteiger partial charge in [-0.05, 0) is 56.0 Å². The maximum Gasteiger partial charge on any atom is 0.243 e. The van der Waals surface area contributed by atoms with Crippen LogP contribution in [0.4, 0.5) is 11.6 Å². The minimum absolute atomic E-state index is 0.126. The van der Waals surface area contributed by atoms with E-state index in [2.05, 4.69) is 9.97 Å². The number of piperazine rings is 1. The smallest absolute Gasteiger partial charge is 0.243 e. The van der Waals surface area contributed by atoms with Gasteiger partial charge in [0.2, 0.25) is 26.0 Å². The van der Waals surface area contributed by atoms with Crippen molar-refractivity contribution < 1.29 is 16.8 Å². The lowest BCUT2D eigenvalue weighted by Crippen LogP contribution is -2.49. The predicted molar refractivity (Wildman–Crippen MR) is 119 cm³/mol. The summed E-state index contributed by atoms with van der Waals surface area (Å²) < 4.78 is 54.6. The van der Waals surface area contributed by atoms with Crippen molar-refractivity contribution in [3.63, 3.8) is 0 Å². The third kappa shape index (κ3) is 4.26. The molecule has 1 aromatic heterocycles. The molecule has 9 nitrogen and oxygen atoms in total. The van der Waals surface area contributed by atoms with Crippen LogP contribution in [0.1, 0.15) is 24.0 Å². The molecule has 4 rings (SSSR count). The molecule has 0 unspecified atom stereocenters. The quantitative estimate of drug-likeness (QED) is 0.674. The molecular weight excluding hydrogens is 438 g/mol. The van der Waals surface area contributed by atoms with Crippen LogP contribution in [0.5, 0.6) is 0 Å². The van der Waals surface area contributed by atoms with E-state index in [0.717, 1.165) is 6.42 Å². The van der Waals surface area contributed by atoms with Crippen LogP contribution in [0.25, 0.3) is 0 Å². The predicted octanol–water partition coefficient (Wildman–Crippen LogP) is 1.53. The van der Waals surface area contributed by atoms with Gasteiger partial charge in [0.1, 0.15) is 0 Å². The number of nitrogens with zero attached hydrogens (tertiary/aromatic N) is 5. The minimum Gasteiger partial charge on any atom is -0.338 e. The number of aryl methyl sites for hydroxylation is 2. The molecule has 2 saturated heterocycles. The molecule has 31 heavy (non-hydrogen) atoms. The molecular formula is C20H27N5O4S2. The number of sulfonamides is 2. The third-order valence-electron chi connectivity index (χ3n) is 5.80. The molecule has 2 aliphatic heterocycles. The van der Waals surface area contributed by atoms with Gasteiger partial charge in [-0.1, -0.05) is 0 Å². The second-order valence-corrected chi connectivity index (χ2v) is 11.9. The van der Waals surface area contributed by atoms with Crippen molar-refractivity contribution in [1.82, 2.24) is 14.3 Å². The van der Waals surface area contributed by atoms with Crippen LogP contribution in [0.2, 0.25) is 0 Å². The van der Waals surface area contributed by atoms with E-state index < -0.39 is 20.0 Å². The molecule has 0 spiro atoms. The van der Waals surface area contributed by atoms with Crippen LogP contribution < -0.4 is 9.21 Å². The summed E-state index contributed by atoms with van der Waals surface area (Å²) in [6, 6.07) is 5.05. The van der Waals surface area contributed by atoms with E-state index in [1.165, 1.54) is 8.61 Å². The molecule has 168 valence electrons.